The van der Waals surface area contributed by atoms with E-state index in [9.17, 15) is 4.79 Å². The predicted molar refractivity (Wildman–Crippen MR) is 76.8 cm³/mol. The van der Waals surface area contributed by atoms with Crippen LogP contribution >= 0.6 is 11.6 Å². The maximum atomic E-state index is 12.0. The third kappa shape index (κ3) is 3.64. The fraction of sp³-hybridized carbons (Fsp3) is 0.500. The molecule has 0 aromatic heterocycles. The number of rotatable bonds is 4. The number of carbonyl (C=O) groups excluding carboxylic acids is 1. The Morgan fingerprint density at radius 3 is 2.56 bits per heavy atom. The molecule has 1 rings (SSSR count). The van der Waals surface area contributed by atoms with Gasteiger partial charge in [0.15, 0.2) is 0 Å². The molecule has 3 N–H and O–H groups in total. The smallest absolute Gasteiger partial charge is 0.251 e. The summed E-state index contributed by atoms with van der Waals surface area (Å²) in [5, 5.41) is 3.40. The van der Waals surface area contributed by atoms with Crippen LogP contribution in [-0.2, 0) is 0 Å². The average Bonchev–Trinajstić information content (AvgIpc) is 2.29. The number of halogens is 1. The Hall–Kier alpha value is -1.22. The van der Waals surface area contributed by atoms with Crippen molar-refractivity contribution in [2.24, 2.45) is 11.3 Å². The minimum absolute atomic E-state index is 0.0631. The number of amides is 1. The topological polar surface area (TPSA) is 55.1 Å². The highest BCUT2D eigenvalue weighted by molar-refractivity contribution is 6.33. The zero-order valence-corrected chi connectivity index (χ0v) is 12.1. The van der Waals surface area contributed by atoms with E-state index >= 15 is 0 Å². The number of nitrogens with two attached hydrogens (primary N) is 1. The number of hydrogen-bond donors (Lipinski definition) is 2. The van der Waals surface area contributed by atoms with E-state index in [2.05, 4.69) is 33.0 Å². The zero-order chi connectivity index (χ0) is 13.9. The minimum atomic E-state index is -0.118. The van der Waals surface area contributed by atoms with Gasteiger partial charge < -0.3 is 11.1 Å². The van der Waals surface area contributed by atoms with E-state index in [1.54, 1.807) is 18.2 Å². The van der Waals surface area contributed by atoms with E-state index in [1.807, 2.05) is 0 Å². The summed E-state index contributed by atoms with van der Waals surface area (Å²) in [5.41, 5.74) is 6.70. The van der Waals surface area contributed by atoms with Gasteiger partial charge in [-0.3, -0.25) is 4.79 Å². The largest absolute Gasteiger partial charge is 0.398 e. The molecule has 0 heterocycles. The number of nitrogens with one attached hydrogen (secondary N) is 1. The average molecular weight is 269 g/mol. The molecule has 0 fully saturated rings. The second-order valence-corrected chi connectivity index (χ2v) is 5.97. The lowest BCUT2D eigenvalue weighted by molar-refractivity contribution is 0.0925. The van der Waals surface area contributed by atoms with Gasteiger partial charge in [0.05, 0.1) is 10.7 Å². The van der Waals surface area contributed by atoms with Crippen LogP contribution in [0.5, 0.6) is 0 Å². The Labute approximate surface area is 114 Å². The normalized spacial score (nSPS) is 11.7. The van der Waals surface area contributed by atoms with Crippen molar-refractivity contribution < 1.29 is 4.79 Å². The van der Waals surface area contributed by atoms with Crippen molar-refractivity contribution in [2.45, 2.75) is 27.7 Å². The van der Waals surface area contributed by atoms with Crippen LogP contribution < -0.4 is 11.1 Å². The Kier molecular flexibility index (Phi) is 4.63. The molecule has 0 spiro atoms. The van der Waals surface area contributed by atoms with Crippen molar-refractivity contribution in [1.29, 1.82) is 0 Å². The predicted octanol–water partition coefficient (Wildman–Crippen LogP) is 3.33. The molecule has 1 aromatic carbocycles. The van der Waals surface area contributed by atoms with Gasteiger partial charge in [0.1, 0.15) is 0 Å². The summed E-state index contributed by atoms with van der Waals surface area (Å²) < 4.78 is 0. The maximum Gasteiger partial charge on any atom is 0.251 e. The second-order valence-electron chi connectivity index (χ2n) is 5.56. The van der Waals surface area contributed by atoms with Crippen LogP contribution in [0.3, 0.4) is 0 Å². The summed E-state index contributed by atoms with van der Waals surface area (Å²) in [5.74, 6) is 0.375. The first-order valence-electron chi connectivity index (χ1n) is 6.07. The van der Waals surface area contributed by atoms with E-state index in [1.165, 1.54) is 0 Å². The van der Waals surface area contributed by atoms with Crippen LogP contribution in [0.25, 0.3) is 0 Å². The molecule has 0 saturated carbocycles. The van der Waals surface area contributed by atoms with E-state index in [-0.39, 0.29) is 11.3 Å². The highest BCUT2D eigenvalue weighted by Crippen LogP contribution is 2.25. The Balaban J connectivity index is 2.69. The molecule has 3 nitrogen and oxygen atoms in total. The molecule has 0 aliphatic heterocycles. The van der Waals surface area contributed by atoms with Crippen LogP contribution in [0.1, 0.15) is 38.1 Å². The Bertz CT molecular complexity index is 441. The number of benzene rings is 1. The van der Waals surface area contributed by atoms with Gasteiger partial charge in [-0.1, -0.05) is 39.3 Å². The van der Waals surface area contributed by atoms with E-state index in [0.29, 0.717) is 28.7 Å². The number of carbonyl (C=O) groups is 1. The molecule has 100 valence electrons. The Morgan fingerprint density at radius 2 is 2.06 bits per heavy atom. The molecule has 0 atom stereocenters. The third-order valence-electron chi connectivity index (χ3n) is 3.53. The van der Waals surface area contributed by atoms with Crippen molar-refractivity contribution in [3.05, 3.63) is 28.8 Å². The summed E-state index contributed by atoms with van der Waals surface area (Å²) in [6.07, 6.45) is 0. The van der Waals surface area contributed by atoms with Gasteiger partial charge in [-0.05, 0) is 29.5 Å². The highest BCUT2D eigenvalue weighted by atomic mass is 35.5. The van der Waals surface area contributed by atoms with Crippen LogP contribution in [0.15, 0.2) is 18.2 Å². The van der Waals surface area contributed by atoms with Crippen LogP contribution in [0.2, 0.25) is 5.02 Å². The van der Waals surface area contributed by atoms with Gasteiger partial charge in [0.25, 0.3) is 5.91 Å². The monoisotopic (exact) mass is 268 g/mol. The quantitative estimate of drug-likeness (QED) is 0.823. The molecule has 1 amide bonds. The zero-order valence-electron chi connectivity index (χ0n) is 11.4. The van der Waals surface area contributed by atoms with Gasteiger partial charge in [0, 0.05) is 12.1 Å². The van der Waals surface area contributed by atoms with E-state index in [4.69, 9.17) is 17.3 Å². The van der Waals surface area contributed by atoms with Crippen molar-refractivity contribution in [1.82, 2.24) is 5.32 Å². The van der Waals surface area contributed by atoms with Crippen molar-refractivity contribution in [3.8, 4) is 0 Å². The lowest BCUT2D eigenvalue weighted by Gasteiger charge is -2.29. The fourth-order valence-electron chi connectivity index (χ4n) is 1.30. The van der Waals surface area contributed by atoms with Crippen LogP contribution in [-0.4, -0.2) is 12.5 Å². The molecule has 4 heteroatoms. The summed E-state index contributed by atoms with van der Waals surface area (Å²) in [7, 11) is 0. The molecule has 1 aromatic rings. The van der Waals surface area contributed by atoms with Crippen LogP contribution in [0.4, 0.5) is 5.69 Å². The maximum absolute atomic E-state index is 12.0. The number of nitrogen functional groups attached to an aromatic ring is 1. The number of anilines is 1. The minimum Gasteiger partial charge on any atom is -0.398 e. The molecular formula is C14H21ClN2O. The third-order valence-corrected chi connectivity index (χ3v) is 3.87. The first-order chi connectivity index (χ1) is 8.24. The van der Waals surface area contributed by atoms with Gasteiger partial charge in [-0.2, -0.15) is 0 Å². The Morgan fingerprint density at radius 1 is 1.44 bits per heavy atom. The summed E-state index contributed by atoms with van der Waals surface area (Å²) in [6, 6.07) is 4.91. The van der Waals surface area contributed by atoms with Crippen molar-refractivity contribution in [3.63, 3.8) is 0 Å². The fourth-order valence-corrected chi connectivity index (χ4v) is 1.42. The van der Waals surface area contributed by atoms with Gasteiger partial charge in [-0.25, -0.2) is 0 Å². The van der Waals surface area contributed by atoms with Gasteiger partial charge >= 0.3 is 0 Å². The van der Waals surface area contributed by atoms with Crippen molar-refractivity contribution >= 4 is 23.2 Å². The second kappa shape index (κ2) is 5.61. The van der Waals surface area contributed by atoms with E-state index < -0.39 is 0 Å². The summed E-state index contributed by atoms with van der Waals surface area (Å²) in [4.78, 5) is 12.0. The molecular weight excluding hydrogens is 248 g/mol. The summed E-state index contributed by atoms with van der Waals surface area (Å²) >= 11 is 5.82. The molecule has 0 saturated heterocycles. The molecule has 0 aliphatic rings. The molecule has 0 bridgehead atoms. The van der Waals surface area contributed by atoms with E-state index in [0.717, 1.165) is 0 Å². The first-order valence-corrected chi connectivity index (χ1v) is 6.45. The van der Waals surface area contributed by atoms with Gasteiger partial charge in [0.2, 0.25) is 0 Å². The SMILES string of the molecule is CC(C)C(C)(C)CNC(=O)c1ccc(Cl)c(N)c1. The van der Waals surface area contributed by atoms with Gasteiger partial charge in [-0.15, -0.1) is 0 Å². The van der Waals surface area contributed by atoms with Crippen LogP contribution in [0, 0.1) is 11.3 Å². The standard InChI is InChI=1S/C14H21ClN2O/c1-9(2)14(3,4)8-17-13(18)10-5-6-11(15)12(16)7-10/h5-7,9H,8,16H2,1-4H3,(H,17,18). The highest BCUT2D eigenvalue weighted by Gasteiger charge is 2.23. The molecule has 0 unspecified atom stereocenters. The number of hydrogen-bond acceptors (Lipinski definition) is 2. The molecule has 18 heavy (non-hydrogen) atoms. The first kappa shape index (κ1) is 14.8. The molecule has 0 radical (unpaired) electrons. The summed E-state index contributed by atoms with van der Waals surface area (Å²) in [6.45, 7) is 9.19. The van der Waals surface area contributed by atoms with Crippen molar-refractivity contribution in [2.75, 3.05) is 12.3 Å². The molecule has 0 aliphatic carbocycles. The lowest BCUT2D eigenvalue weighted by Crippen LogP contribution is -2.36. The lowest BCUT2D eigenvalue weighted by atomic mass is 9.81.